The second kappa shape index (κ2) is 4.28. The van der Waals surface area contributed by atoms with Crippen LogP contribution in [0, 0.1) is 0 Å². The zero-order chi connectivity index (χ0) is 10.7. The van der Waals surface area contributed by atoms with Crippen LogP contribution in [0.1, 0.15) is 6.92 Å². The van der Waals surface area contributed by atoms with E-state index < -0.39 is 0 Å². The van der Waals surface area contributed by atoms with E-state index in [1.54, 1.807) is 0 Å². The van der Waals surface area contributed by atoms with Crippen molar-refractivity contribution < 1.29 is 0 Å². The second-order valence-electron chi connectivity index (χ2n) is 3.74. The second-order valence-corrected chi connectivity index (χ2v) is 3.74. The Balaban J connectivity index is 2.33. The minimum atomic E-state index is 0.118. The first-order chi connectivity index (χ1) is 7.27. The van der Waals surface area contributed by atoms with E-state index in [2.05, 4.69) is 17.2 Å². The number of nitrogens with zero attached hydrogens (tertiary/aromatic N) is 2. The molecule has 0 aliphatic heterocycles. The van der Waals surface area contributed by atoms with E-state index in [1.165, 1.54) is 5.56 Å². The van der Waals surface area contributed by atoms with Crippen LogP contribution in [-0.4, -0.2) is 15.8 Å². The predicted molar refractivity (Wildman–Crippen MR) is 61.3 cm³/mol. The molecule has 0 aliphatic carbocycles. The van der Waals surface area contributed by atoms with E-state index in [0.717, 1.165) is 12.2 Å². The van der Waals surface area contributed by atoms with Crippen molar-refractivity contribution in [3.8, 4) is 11.3 Å². The van der Waals surface area contributed by atoms with E-state index in [-0.39, 0.29) is 6.04 Å². The fraction of sp³-hybridized carbons (Fsp3) is 0.250. The molecule has 0 saturated carbocycles. The molecule has 1 atom stereocenters. The van der Waals surface area contributed by atoms with E-state index in [0.29, 0.717) is 0 Å². The van der Waals surface area contributed by atoms with Gasteiger partial charge in [-0.3, -0.25) is 4.68 Å². The maximum atomic E-state index is 5.77. The van der Waals surface area contributed by atoms with Crippen LogP contribution in [0.4, 0.5) is 0 Å². The Labute approximate surface area is 89.5 Å². The zero-order valence-electron chi connectivity index (χ0n) is 8.80. The number of benzene rings is 1. The average molecular weight is 201 g/mol. The SMILES string of the molecule is CC(N)Cn1nccc1-c1ccccc1. The van der Waals surface area contributed by atoms with Gasteiger partial charge in [0.15, 0.2) is 0 Å². The van der Waals surface area contributed by atoms with Crippen molar-refractivity contribution in [1.82, 2.24) is 9.78 Å². The molecule has 0 bridgehead atoms. The topological polar surface area (TPSA) is 43.8 Å². The van der Waals surface area contributed by atoms with Crippen LogP contribution in [0.5, 0.6) is 0 Å². The quantitative estimate of drug-likeness (QED) is 0.824. The van der Waals surface area contributed by atoms with Crippen LogP contribution in [0.3, 0.4) is 0 Å². The Morgan fingerprint density at radius 2 is 2.00 bits per heavy atom. The summed E-state index contributed by atoms with van der Waals surface area (Å²) in [6, 6.07) is 12.3. The zero-order valence-corrected chi connectivity index (χ0v) is 8.80. The van der Waals surface area contributed by atoms with Crippen molar-refractivity contribution in [2.24, 2.45) is 5.73 Å². The fourth-order valence-corrected chi connectivity index (χ4v) is 1.61. The summed E-state index contributed by atoms with van der Waals surface area (Å²) >= 11 is 0. The highest BCUT2D eigenvalue weighted by Crippen LogP contribution is 2.18. The molecule has 1 aromatic carbocycles. The van der Waals surface area contributed by atoms with Crippen LogP contribution in [0.2, 0.25) is 0 Å². The first-order valence-electron chi connectivity index (χ1n) is 5.10. The summed E-state index contributed by atoms with van der Waals surface area (Å²) in [5.41, 5.74) is 8.06. The van der Waals surface area contributed by atoms with E-state index in [4.69, 9.17) is 5.73 Å². The molecular formula is C12H15N3. The molecule has 1 heterocycles. The van der Waals surface area contributed by atoms with Gasteiger partial charge in [0.1, 0.15) is 0 Å². The number of aromatic nitrogens is 2. The Kier molecular flexibility index (Phi) is 2.83. The number of hydrogen-bond acceptors (Lipinski definition) is 2. The molecule has 2 N–H and O–H groups in total. The van der Waals surface area contributed by atoms with Crippen LogP contribution in [0.25, 0.3) is 11.3 Å². The molecule has 0 amide bonds. The van der Waals surface area contributed by atoms with Gasteiger partial charge in [0.25, 0.3) is 0 Å². The maximum Gasteiger partial charge on any atom is 0.0682 e. The highest BCUT2D eigenvalue weighted by Gasteiger charge is 2.05. The van der Waals surface area contributed by atoms with Crippen molar-refractivity contribution in [3.63, 3.8) is 0 Å². The monoisotopic (exact) mass is 201 g/mol. The molecule has 2 aromatic rings. The van der Waals surface area contributed by atoms with Gasteiger partial charge in [0, 0.05) is 12.2 Å². The van der Waals surface area contributed by atoms with E-state index >= 15 is 0 Å². The number of hydrogen-bond donors (Lipinski definition) is 1. The van der Waals surface area contributed by atoms with Crippen LogP contribution < -0.4 is 5.73 Å². The Hall–Kier alpha value is -1.61. The molecular weight excluding hydrogens is 186 g/mol. The molecule has 1 unspecified atom stereocenters. The van der Waals surface area contributed by atoms with Crippen molar-refractivity contribution in [3.05, 3.63) is 42.6 Å². The van der Waals surface area contributed by atoms with Gasteiger partial charge >= 0.3 is 0 Å². The van der Waals surface area contributed by atoms with Gasteiger partial charge in [-0.05, 0) is 18.6 Å². The van der Waals surface area contributed by atoms with E-state index in [9.17, 15) is 0 Å². The maximum absolute atomic E-state index is 5.77. The first kappa shape index (κ1) is 9.93. The standard InChI is InChI=1S/C12H15N3/c1-10(13)9-15-12(7-8-14-15)11-5-3-2-4-6-11/h2-8,10H,9,13H2,1H3. The number of nitrogens with two attached hydrogens (primary N) is 1. The fourth-order valence-electron chi connectivity index (χ4n) is 1.61. The molecule has 0 radical (unpaired) electrons. The van der Waals surface area contributed by atoms with Crippen LogP contribution >= 0.6 is 0 Å². The molecule has 3 nitrogen and oxygen atoms in total. The Morgan fingerprint density at radius 3 is 2.67 bits per heavy atom. The molecule has 0 saturated heterocycles. The summed E-state index contributed by atoms with van der Waals surface area (Å²) in [6.07, 6.45) is 1.81. The van der Waals surface area contributed by atoms with E-state index in [1.807, 2.05) is 42.1 Å². The lowest BCUT2D eigenvalue weighted by atomic mass is 10.1. The first-order valence-corrected chi connectivity index (χ1v) is 5.10. The molecule has 0 aliphatic rings. The predicted octanol–water partition coefficient (Wildman–Crippen LogP) is 1.90. The molecule has 0 fully saturated rings. The van der Waals surface area contributed by atoms with Gasteiger partial charge < -0.3 is 5.73 Å². The lowest BCUT2D eigenvalue weighted by molar-refractivity contribution is 0.543. The normalized spacial score (nSPS) is 12.7. The minimum Gasteiger partial charge on any atom is -0.326 e. The van der Waals surface area contributed by atoms with Gasteiger partial charge in [0.2, 0.25) is 0 Å². The lowest BCUT2D eigenvalue weighted by Gasteiger charge is -2.09. The third kappa shape index (κ3) is 2.25. The van der Waals surface area contributed by atoms with Gasteiger partial charge in [-0.1, -0.05) is 30.3 Å². The summed E-state index contributed by atoms with van der Waals surface area (Å²) < 4.78 is 1.94. The molecule has 2 rings (SSSR count). The van der Waals surface area contributed by atoms with Gasteiger partial charge in [-0.2, -0.15) is 5.10 Å². The summed E-state index contributed by atoms with van der Waals surface area (Å²) in [5.74, 6) is 0. The van der Waals surface area contributed by atoms with Crippen LogP contribution in [0.15, 0.2) is 42.6 Å². The van der Waals surface area contributed by atoms with Crippen molar-refractivity contribution >= 4 is 0 Å². The molecule has 3 heteroatoms. The summed E-state index contributed by atoms with van der Waals surface area (Å²) in [7, 11) is 0. The third-order valence-electron chi connectivity index (χ3n) is 2.25. The highest BCUT2D eigenvalue weighted by molar-refractivity contribution is 5.58. The highest BCUT2D eigenvalue weighted by atomic mass is 15.3. The molecule has 1 aromatic heterocycles. The largest absolute Gasteiger partial charge is 0.326 e. The lowest BCUT2D eigenvalue weighted by Crippen LogP contribution is -2.23. The third-order valence-corrected chi connectivity index (χ3v) is 2.25. The average Bonchev–Trinajstić information content (AvgIpc) is 2.66. The van der Waals surface area contributed by atoms with Crippen molar-refractivity contribution in [2.45, 2.75) is 19.5 Å². The smallest absolute Gasteiger partial charge is 0.0682 e. The van der Waals surface area contributed by atoms with Gasteiger partial charge in [0.05, 0.1) is 12.2 Å². The molecule has 78 valence electrons. The Morgan fingerprint density at radius 1 is 1.27 bits per heavy atom. The van der Waals surface area contributed by atoms with Gasteiger partial charge in [-0.15, -0.1) is 0 Å². The minimum absolute atomic E-state index is 0.118. The number of rotatable bonds is 3. The van der Waals surface area contributed by atoms with Crippen LogP contribution in [-0.2, 0) is 6.54 Å². The summed E-state index contributed by atoms with van der Waals surface area (Å²) in [4.78, 5) is 0. The summed E-state index contributed by atoms with van der Waals surface area (Å²) in [5, 5.41) is 4.27. The summed E-state index contributed by atoms with van der Waals surface area (Å²) in [6.45, 7) is 2.73. The van der Waals surface area contributed by atoms with Gasteiger partial charge in [-0.25, -0.2) is 0 Å². The molecule has 0 spiro atoms. The molecule has 15 heavy (non-hydrogen) atoms. The Bertz CT molecular complexity index is 417. The van der Waals surface area contributed by atoms with Crippen molar-refractivity contribution in [2.75, 3.05) is 0 Å². The van der Waals surface area contributed by atoms with Crippen molar-refractivity contribution in [1.29, 1.82) is 0 Å².